The molecule has 5 heteroatoms. The van der Waals surface area contributed by atoms with E-state index in [1.165, 1.54) is 32.1 Å². The molecule has 1 fully saturated rings. The van der Waals surface area contributed by atoms with Gasteiger partial charge in [0.2, 0.25) is 0 Å². The number of likely N-dealkylation sites (N-methyl/N-ethyl adjacent to an activating group) is 1. The van der Waals surface area contributed by atoms with Crippen LogP contribution in [0.15, 0.2) is 0 Å². The van der Waals surface area contributed by atoms with Gasteiger partial charge in [0.25, 0.3) is 0 Å². The van der Waals surface area contributed by atoms with Gasteiger partial charge in [-0.1, -0.05) is 19.3 Å². The summed E-state index contributed by atoms with van der Waals surface area (Å²) in [6, 6.07) is 0.714. The molecule has 18 heavy (non-hydrogen) atoms. The van der Waals surface area contributed by atoms with Crippen LogP contribution >= 0.6 is 0 Å². The Kier molecular flexibility index (Phi) is 6.43. The smallest absolute Gasteiger partial charge is 0.312 e. The van der Waals surface area contributed by atoms with Crippen molar-refractivity contribution in [2.75, 3.05) is 20.1 Å². The fraction of sp³-hybridized carbons (Fsp3) is 1.00. The number of hydrogen-bond acceptors (Lipinski definition) is 2. The Morgan fingerprint density at radius 1 is 1.22 bits per heavy atom. The highest BCUT2D eigenvalue weighted by Crippen LogP contribution is 2.20. The quantitative estimate of drug-likeness (QED) is 0.794. The molecule has 1 saturated carbocycles. The topological polar surface area (TPSA) is 15.3 Å². The van der Waals surface area contributed by atoms with E-state index >= 15 is 0 Å². The van der Waals surface area contributed by atoms with Crippen molar-refractivity contribution in [3.8, 4) is 0 Å². The molecule has 1 atom stereocenters. The van der Waals surface area contributed by atoms with E-state index in [0.717, 1.165) is 6.54 Å². The summed E-state index contributed by atoms with van der Waals surface area (Å²) in [7, 11) is 1.76. The van der Waals surface area contributed by atoms with Gasteiger partial charge in [0, 0.05) is 25.2 Å². The standard InChI is InChI=1S/C13H25F3N2/c1-11(18(2)9-8-13(14,15)16)10-17-12-6-4-3-5-7-12/h11-12,17H,3-10H2,1-2H3. The highest BCUT2D eigenvalue weighted by molar-refractivity contribution is 4.75. The van der Waals surface area contributed by atoms with E-state index < -0.39 is 12.6 Å². The Morgan fingerprint density at radius 3 is 2.39 bits per heavy atom. The van der Waals surface area contributed by atoms with Gasteiger partial charge in [-0.2, -0.15) is 13.2 Å². The molecule has 0 spiro atoms. The molecule has 1 aliphatic rings. The molecule has 1 rings (SSSR count). The lowest BCUT2D eigenvalue weighted by Gasteiger charge is -2.29. The van der Waals surface area contributed by atoms with Crippen LogP contribution in [0.4, 0.5) is 13.2 Å². The number of halogens is 3. The second kappa shape index (κ2) is 7.34. The summed E-state index contributed by atoms with van der Waals surface area (Å²) in [6.45, 7) is 2.84. The second-order valence-electron chi connectivity index (χ2n) is 5.44. The fourth-order valence-corrected chi connectivity index (χ4v) is 2.32. The maximum Gasteiger partial charge on any atom is 0.390 e. The molecule has 0 saturated heterocycles. The van der Waals surface area contributed by atoms with Gasteiger partial charge in [0.15, 0.2) is 0 Å². The van der Waals surface area contributed by atoms with E-state index in [1.807, 2.05) is 6.92 Å². The molecule has 0 aromatic heterocycles. The van der Waals surface area contributed by atoms with Crippen molar-refractivity contribution in [2.24, 2.45) is 0 Å². The average molecular weight is 266 g/mol. The minimum absolute atomic E-state index is 0.0804. The van der Waals surface area contributed by atoms with Gasteiger partial charge >= 0.3 is 6.18 Å². The van der Waals surface area contributed by atoms with Crippen LogP contribution in [-0.4, -0.2) is 43.3 Å². The van der Waals surface area contributed by atoms with E-state index in [4.69, 9.17) is 0 Å². The van der Waals surface area contributed by atoms with Gasteiger partial charge < -0.3 is 10.2 Å². The van der Waals surface area contributed by atoms with Gasteiger partial charge in [-0.3, -0.25) is 0 Å². The van der Waals surface area contributed by atoms with Crippen LogP contribution in [0.2, 0.25) is 0 Å². The molecule has 2 nitrogen and oxygen atoms in total. The average Bonchev–Trinajstić information content (AvgIpc) is 2.33. The Hall–Kier alpha value is -0.290. The number of nitrogens with one attached hydrogen (secondary N) is 1. The number of nitrogens with zero attached hydrogens (tertiary/aromatic N) is 1. The van der Waals surface area contributed by atoms with Crippen LogP contribution < -0.4 is 5.32 Å². The number of hydrogen-bond donors (Lipinski definition) is 1. The molecule has 0 aromatic rings. The zero-order chi connectivity index (χ0) is 13.6. The molecule has 0 heterocycles. The molecule has 108 valence electrons. The molecule has 1 N–H and O–H groups in total. The summed E-state index contributed by atoms with van der Waals surface area (Å²) in [4.78, 5) is 1.78. The van der Waals surface area contributed by atoms with E-state index in [9.17, 15) is 13.2 Å². The third-order valence-electron chi connectivity index (χ3n) is 3.81. The SMILES string of the molecule is CC(CNC1CCCCC1)N(C)CCC(F)(F)F. The first kappa shape index (κ1) is 15.8. The highest BCUT2D eigenvalue weighted by Gasteiger charge is 2.28. The summed E-state index contributed by atoms with van der Waals surface area (Å²) in [6.07, 6.45) is 1.51. The third kappa shape index (κ3) is 6.59. The van der Waals surface area contributed by atoms with Crippen LogP contribution in [0.1, 0.15) is 45.4 Å². The normalized spacial score (nSPS) is 20.3. The van der Waals surface area contributed by atoms with Crippen molar-refractivity contribution in [1.29, 1.82) is 0 Å². The largest absolute Gasteiger partial charge is 0.390 e. The molecule has 0 amide bonds. The summed E-state index contributed by atoms with van der Waals surface area (Å²) >= 11 is 0. The summed E-state index contributed by atoms with van der Waals surface area (Å²) in [5.41, 5.74) is 0. The van der Waals surface area contributed by atoms with Crippen molar-refractivity contribution in [3.05, 3.63) is 0 Å². The lowest BCUT2D eigenvalue weighted by molar-refractivity contribution is -0.138. The maximum atomic E-state index is 12.1. The molecule has 0 aromatic carbocycles. The van der Waals surface area contributed by atoms with Gasteiger partial charge in [0.1, 0.15) is 0 Å². The lowest BCUT2D eigenvalue weighted by Crippen LogP contribution is -2.43. The number of alkyl halides is 3. The van der Waals surface area contributed by atoms with Gasteiger partial charge in [-0.05, 0) is 26.8 Å². The first-order valence-electron chi connectivity index (χ1n) is 6.89. The zero-order valence-electron chi connectivity index (χ0n) is 11.4. The highest BCUT2D eigenvalue weighted by atomic mass is 19.4. The van der Waals surface area contributed by atoms with Crippen molar-refractivity contribution < 1.29 is 13.2 Å². The third-order valence-corrected chi connectivity index (χ3v) is 3.81. The first-order valence-corrected chi connectivity index (χ1v) is 6.89. The maximum absolute atomic E-state index is 12.1. The zero-order valence-corrected chi connectivity index (χ0v) is 11.4. The summed E-state index contributed by atoms with van der Waals surface area (Å²) in [5, 5.41) is 3.48. The van der Waals surface area contributed by atoms with Crippen LogP contribution in [-0.2, 0) is 0 Å². The van der Waals surface area contributed by atoms with E-state index in [1.54, 1.807) is 11.9 Å². The van der Waals surface area contributed by atoms with Crippen LogP contribution in [0.3, 0.4) is 0 Å². The van der Waals surface area contributed by atoms with E-state index in [-0.39, 0.29) is 12.6 Å². The molecule has 0 radical (unpaired) electrons. The Morgan fingerprint density at radius 2 is 1.83 bits per heavy atom. The molecular weight excluding hydrogens is 241 g/mol. The van der Waals surface area contributed by atoms with Crippen LogP contribution in [0.25, 0.3) is 0 Å². The molecular formula is C13H25F3N2. The Labute approximate surface area is 108 Å². The van der Waals surface area contributed by atoms with Crippen molar-refractivity contribution in [1.82, 2.24) is 10.2 Å². The molecule has 0 bridgehead atoms. The fourth-order valence-electron chi connectivity index (χ4n) is 2.32. The van der Waals surface area contributed by atoms with E-state index in [2.05, 4.69) is 5.32 Å². The molecule has 0 aliphatic heterocycles. The van der Waals surface area contributed by atoms with Crippen molar-refractivity contribution >= 4 is 0 Å². The summed E-state index contributed by atoms with van der Waals surface area (Å²) in [5.74, 6) is 0. The van der Waals surface area contributed by atoms with Gasteiger partial charge in [-0.25, -0.2) is 0 Å². The Bertz CT molecular complexity index is 225. The van der Waals surface area contributed by atoms with Crippen molar-refractivity contribution in [3.63, 3.8) is 0 Å². The van der Waals surface area contributed by atoms with Crippen LogP contribution in [0, 0.1) is 0 Å². The monoisotopic (exact) mass is 266 g/mol. The van der Waals surface area contributed by atoms with Gasteiger partial charge in [-0.15, -0.1) is 0 Å². The predicted molar refractivity (Wildman–Crippen MR) is 67.6 cm³/mol. The summed E-state index contributed by atoms with van der Waals surface area (Å²) < 4.78 is 36.3. The molecule has 1 aliphatic carbocycles. The predicted octanol–water partition coefficient (Wildman–Crippen LogP) is 3.18. The first-order chi connectivity index (χ1) is 8.38. The minimum Gasteiger partial charge on any atom is -0.312 e. The van der Waals surface area contributed by atoms with Gasteiger partial charge in [0.05, 0.1) is 6.42 Å². The minimum atomic E-state index is -4.05. The Balaban J connectivity index is 2.16. The number of rotatable bonds is 6. The van der Waals surface area contributed by atoms with E-state index in [0.29, 0.717) is 6.04 Å². The second-order valence-corrected chi connectivity index (χ2v) is 5.44. The lowest BCUT2D eigenvalue weighted by atomic mass is 9.95. The van der Waals surface area contributed by atoms with Crippen molar-refractivity contribution in [2.45, 2.75) is 63.7 Å². The molecule has 1 unspecified atom stereocenters. The van der Waals surface area contributed by atoms with Crippen LogP contribution in [0.5, 0.6) is 0 Å².